The molecule has 130 valence electrons. The highest BCUT2D eigenvalue weighted by molar-refractivity contribution is 5.99. The van der Waals surface area contributed by atoms with Crippen molar-refractivity contribution >= 4 is 11.6 Å². The van der Waals surface area contributed by atoms with Gasteiger partial charge in [0.15, 0.2) is 0 Å². The fraction of sp³-hybridized carbons (Fsp3) is 0.348. The van der Waals surface area contributed by atoms with Crippen LogP contribution in [0.2, 0.25) is 0 Å². The van der Waals surface area contributed by atoms with Crippen molar-refractivity contribution < 1.29 is 4.79 Å². The van der Waals surface area contributed by atoms with Crippen molar-refractivity contribution in [2.75, 3.05) is 5.32 Å². The highest BCUT2D eigenvalue weighted by Gasteiger charge is 2.07. The van der Waals surface area contributed by atoms with Gasteiger partial charge in [0.2, 0.25) is 5.91 Å². The van der Waals surface area contributed by atoms with Crippen molar-refractivity contribution in [3.63, 3.8) is 0 Å². The molecule has 0 spiro atoms. The number of carbonyl (C=O) groups is 1. The molecular formula is C23H27NO. The van der Waals surface area contributed by atoms with Crippen LogP contribution in [0.5, 0.6) is 0 Å². The van der Waals surface area contributed by atoms with Gasteiger partial charge in [0.05, 0.1) is 0 Å². The average Bonchev–Trinajstić information content (AvgIpc) is 2.65. The number of hydrogen-bond acceptors (Lipinski definition) is 1. The average molecular weight is 333 g/mol. The summed E-state index contributed by atoms with van der Waals surface area (Å²) in [4.78, 5) is 12.1. The van der Waals surface area contributed by atoms with E-state index in [2.05, 4.69) is 47.8 Å². The first-order valence-electron chi connectivity index (χ1n) is 9.43. The van der Waals surface area contributed by atoms with E-state index in [0.717, 1.165) is 37.8 Å². The van der Waals surface area contributed by atoms with Crippen molar-refractivity contribution in [3.05, 3.63) is 77.4 Å². The molecule has 3 rings (SSSR count). The molecule has 1 saturated carbocycles. The van der Waals surface area contributed by atoms with Crippen molar-refractivity contribution in [1.29, 1.82) is 0 Å². The van der Waals surface area contributed by atoms with E-state index in [1.165, 1.54) is 36.0 Å². The SMILES string of the molecule is O=C(C=C1CCCCC1)Nc1ccc(CCCc2ccccc2)cc1. The van der Waals surface area contributed by atoms with Crippen LogP contribution >= 0.6 is 0 Å². The van der Waals surface area contributed by atoms with Crippen molar-refractivity contribution in [2.24, 2.45) is 0 Å². The number of aryl methyl sites for hydroxylation is 2. The summed E-state index contributed by atoms with van der Waals surface area (Å²) in [5.74, 6) is 0.00808. The van der Waals surface area contributed by atoms with Crippen molar-refractivity contribution in [2.45, 2.75) is 51.4 Å². The number of allylic oxidation sites excluding steroid dienone is 1. The minimum atomic E-state index is 0.00808. The molecule has 2 aromatic carbocycles. The van der Waals surface area contributed by atoms with Crippen molar-refractivity contribution in [1.82, 2.24) is 0 Å². The summed E-state index contributed by atoms with van der Waals surface area (Å²) >= 11 is 0. The molecule has 0 heterocycles. The summed E-state index contributed by atoms with van der Waals surface area (Å²) in [5, 5.41) is 2.98. The molecule has 2 aromatic rings. The third-order valence-electron chi connectivity index (χ3n) is 4.83. The fourth-order valence-corrected chi connectivity index (χ4v) is 3.41. The largest absolute Gasteiger partial charge is 0.323 e. The third-order valence-corrected chi connectivity index (χ3v) is 4.83. The maximum Gasteiger partial charge on any atom is 0.248 e. The molecule has 0 atom stereocenters. The second-order valence-corrected chi connectivity index (χ2v) is 6.89. The molecule has 0 bridgehead atoms. The quantitative estimate of drug-likeness (QED) is 0.676. The van der Waals surface area contributed by atoms with E-state index in [-0.39, 0.29) is 5.91 Å². The van der Waals surface area contributed by atoms with E-state index in [1.54, 1.807) is 6.08 Å². The first-order chi connectivity index (χ1) is 12.3. The second-order valence-electron chi connectivity index (χ2n) is 6.89. The Morgan fingerprint density at radius 3 is 2.16 bits per heavy atom. The molecule has 1 aliphatic carbocycles. The Morgan fingerprint density at radius 2 is 1.48 bits per heavy atom. The maximum absolute atomic E-state index is 12.1. The van der Waals surface area contributed by atoms with Gasteiger partial charge in [-0.15, -0.1) is 0 Å². The summed E-state index contributed by atoms with van der Waals surface area (Å²) in [6.45, 7) is 0. The van der Waals surface area contributed by atoms with Gasteiger partial charge in [-0.25, -0.2) is 0 Å². The molecular weight excluding hydrogens is 306 g/mol. The van der Waals surface area contributed by atoms with Crippen LogP contribution in [0.1, 0.15) is 49.7 Å². The Kier molecular flexibility index (Phi) is 6.44. The van der Waals surface area contributed by atoms with Crippen LogP contribution in [0.3, 0.4) is 0 Å². The fourth-order valence-electron chi connectivity index (χ4n) is 3.41. The van der Waals surface area contributed by atoms with Gasteiger partial charge in [-0.05, 0) is 68.2 Å². The smallest absolute Gasteiger partial charge is 0.248 e. The second kappa shape index (κ2) is 9.22. The summed E-state index contributed by atoms with van der Waals surface area (Å²) in [6, 6.07) is 18.9. The topological polar surface area (TPSA) is 29.1 Å². The Hall–Kier alpha value is -2.35. The Bertz CT molecular complexity index is 693. The summed E-state index contributed by atoms with van der Waals surface area (Å²) in [5.41, 5.74) is 4.88. The molecule has 0 unspecified atom stereocenters. The molecule has 0 aromatic heterocycles. The van der Waals surface area contributed by atoms with Crippen LogP contribution in [-0.4, -0.2) is 5.91 Å². The highest BCUT2D eigenvalue weighted by atomic mass is 16.1. The first-order valence-corrected chi connectivity index (χ1v) is 9.43. The number of benzene rings is 2. The van der Waals surface area contributed by atoms with Crippen molar-refractivity contribution in [3.8, 4) is 0 Å². The number of rotatable bonds is 6. The van der Waals surface area contributed by atoms with Crippen LogP contribution < -0.4 is 5.32 Å². The van der Waals surface area contributed by atoms with Gasteiger partial charge in [-0.3, -0.25) is 4.79 Å². The minimum absolute atomic E-state index is 0.00808. The lowest BCUT2D eigenvalue weighted by molar-refractivity contribution is -0.112. The zero-order valence-corrected chi connectivity index (χ0v) is 14.8. The zero-order valence-electron chi connectivity index (χ0n) is 14.8. The minimum Gasteiger partial charge on any atom is -0.323 e. The lowest BCUT2D eigenvalue weighted by Crippen LogP contribution is -2.10. The standard InChI is InChI=1S/C23H27NO/c25-23(18-21-10-5-2-6-11-21)24-22-16-14-20(15-17-22)13-7-12-19-8-3-1-4-9-19/h1,3-4,8-9,14-18H,2,5-7,10-13H2,(H,24,25). The molecule has 1 N–H and O–H groups in total. The molecule has 25 heavy (non-hydrogen) atoms. The molecule has 0 saturated heterocycles. The van der Waals surface area contributed by atoms with E-state index < -0.39 is 0 Å². The maximum atomic E-state index is 12.1. The van der Waals surface area contributed by atoms with Gasteiger partial charge >= 0.3 is 0 Å². The predicted molar refractivity (Wildman–Crippen MR) is 105 cm³/mol. The molecule has 2 heteroatoms. The molecule has 0 aliphatic heterocycles. The monoisotopic (exact) mass is 333 g/mol. The van der Waals surface area contributed by atoms with Gasteiger partial charge in [0.1, 0.15) is 0 Å². The van der Waals surface area contributed by atoms with Gasteiger partial charge in [0, 0.05) is 11.8 Å². The lowest BCUT2D eigenvalue weighted by Gasteiger charge is -2.13. The van der Waals surface area contributed by atoms with Crippen LogP contribution in [0.25, 0.3) is 0 Å². The van der Waals surface area contributed by atoms with E-state index >= 15 is 0 Å². The molecule has 2 nitrogen and oxygen atoms in total. The number of anilines is 1. The number of nitrogens with one attached hydrogen (secondary N) is 1. The molecule has 1 aliphatic rings. The molecule has 1 amide bonds. The summed E-state index contributed by atoms with van der Waals surface area (Å²) < 4.78 is 0. The van der Waals surface area contributed by atoms with Crippen LogP contribution in [0.4, 0.5) is 5.69 Å². The van der Waals surface area contributed by atoms with E-state index in [1.807, 2.05) is 12.1 Å². The highest BCUT2D eigenvalue weighted by Crippen LogP contribution is 2.22. The zero-order chi connectivity index (χ0) is 17.3. The van der Waals surface area contributed by atoms with E-state index in [9.17, 15) is 4.79 Å². The number of carbonyl (C=O) groups excluding carboxylic acids is 1. The van der Waals surface area contributed by atoms with Crippen LogP contribution in [0, 0.1) is 0 Å². The lowest BCUT2D eigenvalue weighted by atomic mass is 9.94. The number of hydrogen-bond donors (Lipinski definition) is 1. The van der Waals surface area contributed by atoms with Crippen LogP contribution in [-0.2, 0) is 17.6 Å². The first kappa shape index (κ1) is 17.5. The number of amides is 1. The van der Waals surface area contributed by atoms with Gasteiger partial charge in [-0.2, -0.15) is 0 Å². The molecule has 1 fully saturated rings. The van der Waals surface area contributed by atoms with E-state index in [4.69, 9.17) is 0 Å². The third kappa shape index (κ3) is 5.90. The van der Waals surface area contributed by atoms with Gasteiger partial charge in [-0.1, -0.05) is 54.5 Å². The Balaban J connectivity index is 1.46. The van der Waals surface area contributed by atoms with Crippen LogP contribution in [0.15, 0.2) is 66.2 Å². The molecule has 0 radical (unpaired) electrons. The Labute approximate surface area is 151 Å². The summed E-state index contributed by atoms with van der Waals surface area (Å²) in [6.07, 6.45) is 11.0. The Morgan fingerprint density at radius 1 is 0.840 bits per heavy atom. The summed E-state index contributed by atoms with van der Waals surface area (Å²) in [7, 11) is 0. The van der Waals surface area contributed by atoms with Gasteiger partial charge < -0.3 is 5.32 Å². The van der Waals surface area contributed by atoms with E-state index in [0.29, 0.717) is 0 Å². The predicted octanol–water partition coefficient (Wildman–Crippen LogP) is 5.69. The van der Waals surface area contributed by atoms with Gasteiger partial charge in [0.25, 0.3) is 0 Å². The normalized spacial score (nSPS) is 14.2.